The molecule has 0 bridgehead atoms. The van der Waals surface area contributed by atoms with Crippen LogP contribution in [0.1, 0.15) is 43.4 Å². The summed E-state index contributed by atoms with van der Waals surface area (Å²) in [5, 5.41) is 3.47. The first-order chi connectivity index (χ1) is 12.7. The van der Waals surface area contributed by atoms with Gasteiger partial charge in [-0.3, -0.25) is 4.98 Å². The van der Waals surface area contributed by atoms with Crippen molar-refractivity contribution >= 4 is 11.8 Å². The fraction of sp³-hybridized carbons (Fsp3) is 0.476. The van der Waals surface area contributed by atoms with Crippen molar-refractivity contribution in [3.05, 3.63) is 53.5 Å². The van der Waals surface area contributed by atoms with Gasteiger partial charge >= 0.3 is 0 Å². The standard InChI is InChI=1S/C21H29N5/c1-17-16-20(23-14-10-18-6-4-3-5-7-18)25-21(24-17)26(2)15-11-19-8-12-22-13-9-19/h6,8-9,12-13,16H,3-5,7,10-11,14-15H2,1-2H3,(H,23,24,25). The second kappa shape index (κ2) is 9.32. The van der Waals surface area contributed by atoms with Gasteiger partial charge in [0.05, 0.1) is 0 Å². The maximum Gasteiger partial charge on any atom is 0.227 e. The van der Waals surface area contributed by atoms with Crippen LogP contribution in [-0.4, -0.2) is 35.1 Å². The molecular weight excluding hydrogens is 322 g/mol. The van der Waals surface area contributed by atoms with Gasteiger partial charge in [0.1, 0.15) is 5.82 Å². The largest absolute Gasteiger partial charge is 0.370 e. The van der Waals surface area contributed by atoms with Crippen LogP contribution >= 0.6 is 0 Å². The van der Waals surface area contributed by atoms with Crippen LogP contribution in [0, 0.1) is 6.92 Å². The van der Waals surface area contributed by atoms with Gasteiger partial charge in [0.25, 0.3) is 0 Å². The van der Waals surface area contributed by atoms with E-state index in [9.17, 15) is 0 Å². The molecule has 3 rings (SSSR count). The lowest BCUT2D eigenvalue weighted by Gasteiger charge is -2.19. The Morgan fingerprint density at radius 3 is 2.73 bits per heavy atom. The van der Waals surface area contributed by atoms with E-state index >= 15 is 0 Å². The number of nitrogens with zero attached hydrogens (tertiary/aromatic N) is 4. The number of likely N-dealkylation sites (N-methyl/N-ethyl adjacent to an activating group) is 1. The summed E-state index contributed by atoms with van der Waals surface area (Å²) in [5.41, 5.74) is 3.85. The van der Waals surface area contributed by atoms with Crippen molar-refractivity contribution in [2.45, 2.75) is 45.4 Å². The third-order valence-corrected chi connectivity index (χ3v) is 4.81. The van der Waals surface area contributed by atoms with Crippen molar-refractivity contribution in [2.24, 2.45) is 0 Å². The highest BCUT2D eigenvalue weighted by Gasteiger charge is 2.08. The molecule has 0 radical (unpaired) electrons. The molecule has 0 aromatic carbocycles. The Morgan fingerprint density at radius 1 is 1.12 bits per heavy atom. The average molecular weight is 351 g/mol. The maximum atomic E-state index is 4.70. The number of rotatable bonds is 8. The Balaban J connectivity index is 1.55. The number of hydrogen-bond donors (Lipinski definition) is 1. The van der Waals surface area contributed by atoms with E-state index in [0.29, 0.717) is 0 Å². The van der Waals surface area contributed by atoms with Gasteiger partial charge in [-0.25, -0.2) is 4.98 Å². The van der Waals surface area contributed by atoms with Crippen molar-refractivity contribution in [1.82, 2.24) is 15.0 Å². The van der Waals surface area contributed by atoms with Crippen LogP contribution in [0.3, 0.4) is 0 Å². The summed E-state index contributed by atoms with van der Waals surface area (Å²) < 4.78 is 0. The average Bonchev–Trinajstić information content (AvgIpc) is 2.67. The van der Waals surface area contributed by atoms with E-state index in [-0.39, 0.29) is 0 Å². The van der Waals surface area contributed by atoms with E-state index in [0.717, 1.165) is 43.4 Å². The second-order valence-electron chi connectivity index (χ2n) is 7.01. The predicted octanol–water partition coefficient (Wildman–Crippen LogP) is 4.16. The molecule has 2 heterocycles. The van der Waals surface area contributed by atoms with E-state index in [1.165, 1.54) is 31.2 Å². The molecule has 5 heteroatoms. The number of aryl methyl sites for hydroxylation is 1. The van der Waals surface area contributed by atoms with Crippen LogP contribution in [-0.2, 0) is 6.42 Å². The zero-order valence-corrected chi connectivity index (χ0v) is 15.9. The summed E-state index contributed by atoms with van der Waals surface area (Å²) in [6, 6.07) is 6.13. The molecule has 0 saturated heterocycles. The molecule has 26 heavy (non-hydrogen) atoms. The summed E-state index contributed by atoms with van der Waals surface area (Å²) in [5.74, 6) is 1.69. The fourth-order valence-corrected chi connectivity index (χ4v) is 3.24. The van der Waals surface area contributed by atoms with E-state index in [1.54, 1.807) is 5.57 Å². The van der Waals surface area contributed by atoms with Crippen molar-refractivity contribution in [2.75, 3.05) is 30.4 Å². The molecule has 0 atom stereocenters. The zero-order chi connectivity index (χ0) is 18.2. The third kappa shape index (κ3) is 5.55. The molecular formula is C21H29N5. The van der Waals surface area contributed by atoms with Crippen LogP contribution < -0.4 is 10.2 Å². The van der Waals surface area contributed by atoms with Crippen molar-refractivity contribution in [3.8, 4) is 0 Å². The summed E-state index contributed by atoms with van der Waals surface area (Å²) in [6.45, 7) is 3.83. The normalized spacial score (nSPS) is 14.0. The van der Waals surface area contributed by atoms with Crippen LogP contribution in [0.2, 0.25) is 0 Å². The molecule has 138 valence electrons. The molecule has 0 unspecified atom stereocenters. The first kappa shape index (κ1) is 18.4. The monoisotopic (exact) mass is 351 g/mol. The van der Waals surface area contributed by atoms with E-state index < -0.39 is 0 Å². The molecule has 2 aromatic heterocycles. The molecule has 0 saturated carbocycles. The molecule has 0 aliphatic heterocycles. The molecule has 0 amide bonds. The van der Waals surface area contributed by atoms with Gasteiger partial charge < -0.3 is 10.2 Å². The number of hydrogen-bond acceptors (Lipinski definition) is 5. The molecule has 2 aromatic rings. The molecule has 5 nitrogen and oxygen atoms in total. The highest BCUT2D eigenvalue weighted by molar-refractivity contribution is 5.43. The number of nitrogens with one attached hydrogen (secondary N) is 1. The quantitative estimate of drug-likeness (QED) is 0.724. The van der Waals surface area contributed by atoms with Gasteiger partial charge in [-0.15, -0.1) is 0 Å². The van der Waals surface area contributed by atoms with E-state index in [4.69, 9.17) is 4.98 Å². The highest BCUT2D eigenvalue weighted by Crippen LogP contribution is 2.20. The van der Waals surface area contributed by atoms with Crippen LogP contribution in [0.25, 0.3) is 0 Å². The lowest BCUT2D eigenvalue weighted by molar-refractivity contribution is 0.679. The van der Waals surface area contributed by atoms with Crippen LogP contribution in [0.15, 0.2) is 42.2 Å². The Hall–Kier alpha value is -2.43. The Kier molecular flexibility index (Phi) is 6.58. The lowest BCUT2D eigenvalue weighted by atomic mass is 9.97. The summed E-state index contributed by atoms with van der Waals surface area (Å²) in [4.78, 5) is 15.5. The van der Waals surface area contributed by atoms with Crippen LogP contribution in [0.5, 0.6) is 0 Å². The second-order valence-corrected chi connectivity index (χ2v) is 7.01. The third-order valence-electron chi connectivity index (χ3n) is 4.81. The summed E-state index contributed by atoms with van der Waals surface area (Å²) in [7, 11) is 2.05. The van der Waals surface area contributed by atoms with Crippen molar-refractivity contribution in [3.63, 3.8) is 0 Å². The van der Waals surface area contributed by atoms with E-state index in [1.807, 2.05) is 32.4 Å². The number of allylic oxidation sites excluding steroid dienone is 1. The smallest absolute Gasteiger partial charge is 0.227 e. The Morgan fingerprint density at radius 2 is 1.96 bits per heavy atom. The van der Waals surface area contributed by atoms with Crippen molar-refractivity contribution in [1.29, 1.82) is 0 Å². The zero-order valence-electron chi connectivity index (χ0n) is 15.9. The number of anilines is 2. The number of aromatic nitrogens is 3. The minimum absolute atomic E-state index is 0.776. The maximum absolute atomic E-state index is 4.70. The van der Waals surface area contributed by atoms with Gasteiger partial charge in [0.2, 0.25) is 5.95 Å². The van der Waals surface area contributed by atoms with Gasteiger partial charge in [-0.2, -0.15) is 4.98 Å². The first-order valence-corrected chi connectivity index (χ1v) is 9.58. The minimum atomic E-state index is 0.776. The molecule has 1 aliphatic carbocycles. The predicted molar refractivity (Wildman–Crippen MR) is 108 cm³/mol. The molecule has 1 aliphatic rings. The molecule has 0 fully saturated rings. The first-order valence-electron chi connectivity index (χ1n) is 9.58. The fourth-order valence-electron chi connectivity index (χ4n) is 3.24. The Labute approximate surface area is 156 Å². The van der Waals surface area contributed by atoms with E-state index in [2.05, 4.69) is 38.4 Å². The topological polar surface area (TPSA) is 53.9 Å². The summed E-state index contributed by atoms with van der Waals surface area (Å²) in [6.07, 6.45) is 13.3. The van der Waals surface area contributed by atoms with Crippen molar-refractivity contribution < 1.29 is 0 Å². The summed E-state index contributed by atoms with van der Waals surface area (Å²) >= 11 is 0. The molecule has 0 spiro atoms. The van der Waals surface area contributed by atoms with Gasteiger partial charge in [0, 0.05) is 44.3 Å². The van der Waals surface area contributed by atoms with Crippen LogP contribution in [0.4, 0.5) is 11.8 Å². The lowest BCUT2D eigenvalue weighted by Crippen LogP contribution is -2.23. The Bertz CT molecular complexity index is 726. The number of pyridine rings is 1. The molecule has 1 N–H and O–H groups in total. The van der Waals surface area contributed by atoms with Gasteiger partial charge in [0.15, 0.2) is 0 Å². The minimum Gasteiger partial charge on any atom is -0.370 e. The highest BCUT2D eigenvalue weighted by atomic mass is 15.2. The van der Waals surface area contributed by atoms with Gasteiger partial charge in [-0.1, -0.05) is 11.6 Å². The SMILES string of the molecule is Cc1cc(NCCC2=CCCCC2)nc(N(C)CCc2ccncc2)n1. The van der Waals surface area contributed by atoms with Gasteiger partial charge in [-0.05, 0) is 63.1 Å².